The first-order valence-electron chi connectivity index (χ1n) is 17.4. The van der Waals surface area contributed by atoms with Gasteiger partial charge in [-0.25, -0.2) is 4.99 Å². The highest BCUT2D eigenvalue weighted by molar-refractivity contribution is 6.27. The second kappa shape index (κ2) is 12.0. The molecule has 52 heavy (non-hydrogen) atoms. The number of rotatable bonds is 3. The Morgan fingerprint density at radius 2 is 1.31 bits per heavy atom. The van der Waals surface area contributed by atoms with E-state index in [0.717, 1.165) is 71.9 Å². The normalized spacial score (nSPS) is 14.5. The lowest BCUT2D eigenvalue weighted by Gasteiger charge is -2.13. The average Bonchev–Trinajstić information content (AvgIpc) is 3.72. The molecule has 0 spiro atoms. The minimum absolute atomic E-state index is 0.163. The monoisotopic (exact) mass is 665 g/mol. The van der Waals surface area contributed by atoms with Crippen LogP contribution in [0.4, 0.5) is 0 Å². The van der Waals surface area contributed by atoms with E-state index in [1.165, 1.54) is 16.2 Å². The summed E-state index contributed by atoms with van der Waals surface area (Å²) in [6.07, 6.45) is 13.9. The van der Waals surface area contributed by atoms with E-state index >= 15 is 0 Å². The Morgan fingerprint density at radius 1 is 0.596 bits per heavy atom. The van der Waals surface area contributed by atoms with Gasteiger partial charge < -0.3 is 4.57 Å². The molecule has 0 fully saturated rings. The van der Waals surface area contributed by atoms with Crippen LogP contribution in [0.3, 0.4) is 0 Å². The summed E-state index contributed by atoms with van der Waals surface area (Å²) in [6.45, 7) is 0. The molecule has 5 heteroatoms. The molecular formula is C47H31N5. The van der Waals surface area contributed by atoms with Crippen LogP contribution in [0, 0.1) is 5.41 Å². The molecule has 0 saturated heterocycles. The van der Waals surface area contributed by atoms with Gasteiger partial charge in [-0.3, -0.25) is 15.0 Å². The zero-order chi connectivity index (χ0) is 34.6. The quantitative estimate of drug-likeness (QED) is 0.148. The molecule has 0 amide bonds. The van der Waals surface area contributed by atoms with Crippen LogP contribution in [0.25, 0.3) is 77.3 Å². The predicted molar refractivity (Wildman–Crippen MR) is 218 cm³/mol. The standard InChI is InChI=1S/C47H31N5/c48-47(50-41-21-9-4-15-33(41)27-31-13-2-1-3-14-31)52-43-23-11-8-20-38(43)46-37-19-6-5-17-35(37)39(29-45(46)52)32-24-25-44-40(28-32)36-18-7-10-22-42(36)51(44)34-16-12-26-49-30-34/h1-30,48H/b33-27+,48-47?,50-41?. The predicted octanol–water partition coefficient (Wildman–Crippen LogP) is 11.5. The van der Waals surface area contributed by atoms with Gasteiger partial charge in [0.2, 0.25) is 5.96 Å². The van der Waals surface area contributed by atoms with Crippen LogP contribution in [0.15, 0.2) is 187 Å². The third-order valence-electron chi connectivity index (χ3n) is 10.1. The molecule has 5 nitrogen and oxygen atoms in total. The van der Waals surface area contributed by atoms with Gasteiger partial charge in [-0.15, -0.1) is 0 Å². The number of benzene rings is 6. The van der Waals surface area contributed by atoms with E-state index in [1.54, 1.807) is 0 Å². The molecule has 1 aliphatic carbocycles. The van der Waals surface area contributed by atoms with E-state index in [4.69, 9.17) is 4.99 Å². The van der Waals surface area contributed by atoms with Gasteiger partial charge in [-0.2, -0.15) is 0 Å². The summed E-state index contributed by atoms with van der Waals surface area (Å²) in [5, 5.41) is 16.5. The van der Waals surface area contributed by atoms with Crippen LogP contribution < -0.4 is 0 Å². The molecule has 1 N–H and O–H groups in total. The summed E-state index contributed by atoms with van der Waals surface area (Å²) in [6, 6.07) is 48.9. The van der Waals surface area contributed by atoms with Gasteiger partial charge in [0.1, 0.15) is 0 Å². The van der Waals surface area contributed by atoms with Crippen molar-refractivity contribution < 1.29 is 0 Å². The molecule has 1 aliphatic rings. The average molecular weight is 666 g/mol. The lowest BCUT2D eigenvalue weighted by Crippen LogP contribution is -2.12. The Balaban J connectivity index is 1.21. The minimum Gasteiger partial charge on any atom is -0.308 e. The molecule has 9 aromatic rings. The Kier molecular flexibility index (Phi) is 6.89. The largest absolute Gasteiger partial charge is 0.308 e. The van der Waals surface area contributed by atoms with Gasteiger partial charge >= 0.3 is 0 Å². The SMILES string of the molecule is N=C(N=C1C=CC=C/C1=C\c1ccccc1)n1c2ccccc2c2c3ccccc3c(-c3ccc4c(c3)c3ccccc3n4-c3cccnc3)cc21. The molecule has 0 unspecified atom stereocenters. The van der Waals surface area contributed by atoms with Crippen LogP contribution in [-0.2, 0) is 0 Å². The molecule has 0 saturated carbocycles. The molecule has 0 atom stereocenters. The highest BCUT2D eigenvalue weighted by Crippen LogP contribution is 2.42. The van der Waals surface area contributed by atoms with Gasteiger partial charge in [0.15, 0.2) is 0 Å². The van der Waals surface area contributed by atoms with Gasteiger partial charge in [0, 0.05) is 33.3 Å². The van der Waals surface area contributed by atoms with Crippen LogP contribution >= 0.6 is 0 Å². The number of allylic oxidation sites excluding steroid dienone is 5. The first kappa shape index (κ1) is 29.8. The molecule has 0 bridgehead atoms. The maximum absolute atomic E-state index is 9.56. The maximum atomic E-state index is 9.56. The number of fused-ring (bicyclic) bond motifs is 8. The van der Waals surface area contributed by atoms with Gasteiger partial charge in [-0.1, -0.05) is 115 Å². The van der Waals surface area contributed by atoms with E-state index in [-0.39, 0.29) is 5.96 Å². The van der Waals surface area contributed by atoms with Crippen LogP contribution in [0.1, 0.15) is 5.56 Å². The number of hydrogen-bond acceptors (Lipinski definition) is 2. The summed E-state index contributed by atoms with van der Waals surface area (Å²) in [5.41, 5.74) is 10.2. The van der Waals surface area contributed by atoms with Crippen molar-refractivity contribution in [3.05, 3.63) is 187 Å². The Labute approximate surface area is 299 Å². The molecule has 3 aromatic heterocycles. The minimum atomic E-state index is 0.163. The van der Waals surface area contributed by atoms with Gasteiger partial charge in [0.05, 0.1) is 39.7 Å². The lowest BCUT2D eigenvalue weighted by atomic mass is 9.94. The fraction of sp³-hybridized carbons (Fsp3) is 0. The summed E-state index contributed by atoms with van der Waals surface area (Å²) in [5.74, 6) is 0.163. The summed E-state index contributed by atoms with van der Waals surface area (Å²) >= 11 is 0. The number of para-hydroxylation sites is 2. The van der Waals surface area contributed by atoms with E-state index < -0.39 is 0 Å². The van der Waals surface area contributed by atoms with Gasteiger partial charge in [0.25, 0.3) is 0 Å². The van der Waals surface area contributed by atoms with Crippen molar-refractivity contribution in [1.82, 2.24) is 14.1 Å². The van der Waals surface area contributed by atoms with Crippen LogP contribution in [0.2, 0.25) is 0 Å². The summed E-state index contributed by atoms with van der Waals surface area (Å²) in [7, 11) is 0. The molecule has 0 aliphatic heterocycles. The van der Waals surface area contributed by atoms with E-state index in [0.29, 0.717) is 0 Å². The van der Waals surface area contributed by atoms with Crippen LogP contribution in [0.5, 0.6) is 0 Å². The topological polar surface area (TPSA) is 59.0 Å². The lowest BCUT2D eigenvalue weighted by molar-refractivity contribution is 1.14. The molecule has 6 aromatic carbocycles. The summed E-state index contributed by atoms with van der Waals surface area (Å²) in [4.78, 5) is 9.42. The zero-order valence-corrected chi connectivity index (χ0v) is 28.1. The Bertz CT molecular complexity index is 3010. The first-order chi connectivity index (χ1) is 25.7. The zero-order valence-electron chi connectivity index (χ0n) is 28.1. The van der Waals surface area contributed by atoms with Crippen molar-refractivity contribution in [2.75, 3.05) is 0 Å². The van der Waals surface area contributed by atoms with Crippen LogP contribution in [-0.4, -0.2) is 25.8 Å². The highest BCUT2D eigenvalue weighted by atomic mass is 15.1. The van der Waals surface area contributed by atoms with Crippen molar-refractivity contribution in [3.63, 3.8) is 0 Å². The Hall–Kier alpha value is -7.11. The third kappa shape index (κ3) is 4.75. The van der Waals surface area contributed by atoms with Crippen molar-refractivity contribution in [1.29, 1.82) is 5.41 Å². The number of aromatic nitrogens is 3. The summed E-state index contributed by atoms with van der Waals surface area (Å²) < 4.78 is 4.29. The second-order valence-corrected chi connectivity index (χ2v) is 13.1. The van der Waals surface area contributed by atoms with E-state index in [1.807, 2.05) is 65.5 Å². The fourth-order valence-corrected chi connectivity index (χ4v) is 7.81. The molecular weight excluding hydrogens is 635 g/mol. The third-order valence-corrected chi connectivity index (χ3v) is 10.1. The van der Waals surface area contributed by atoms with E-state index in [2.05, 4.69) is 131 Å². The van der Waals surface area contributed by atoms with Crippen molar-refractivity contribution in [3.8, 4) is 16.8 Å². The molecule has 0 radical (unpaired) electrons. The van der Waals surface area contributed by atoms with Crippen molar-refractivity contribution in [2.45, 2.75) is 0 Å². The van der Waals surface area contributed by atoms with Gasteiger partial charge in [-0.05, 0) is 82.1 Å². The number of nitrogens with zero attached hydrogens (tertiary/aromatic N) is 4. The number of hydrogen-bond donors (Lipinski definition) is 1. The number of pyridine rings is 1. The van der Waals surface area contributed by atoms with Crippen molar-refractivity contribution in [2.24, 2.45) is 4.99 Å². The first-order valence-corrected chi connectivity index (χ1v) is 17.4. The molecule has 244 valence electrons. The number of aliphatic imine (C=N–C) groups is 1. The second-order valence-electron chi connectivity index (χ2n) is 13.1. The Morgan fingerprint density at radius 3 is 2.13 bits per heavy atom. The fourth-order valence-electron chi connectivity index (χ4n) is 7.81. The smallest absolute Gasteiger partial charge is 0.227 e. The molecule has 3 heterocycles. The molecule has 10 rings (SSSR count). The van der Waals surface area contributed by atoms with E-state index in [9.17, 15) is 5.41 Å². The maximum Gasteiger partial charge on any atom is 0.227 e. The van der Waals surface area contributed by atoms with Crippen molar-refractivity contribution >= 4 is 72.1 Å². The number of nitrogens with one attached hydrogen (secondary N) is 1. The highest BCUT2D eigenvalue weighted by Gasteiger charge is 2.20.